The molecule has 1 saturated heterocycles. The molecule has 1 heterocycles. The van der Waals surface area contributed by atoms with Crippen LogP contribution in [0.4, 0.5) is 8.78 Å². The summed E-state index contributed by atoms with van der Waals surface area (Å²) in [6.45, 7) is 6.77. The van der Waals surface area contributed by atoms with E-state index in [1.165, 1.54) is 32.0 Å². The first-order valence-electron chi connectivity index (χ1n) is 8.69. The Morgan fingerprint density at radius 3 is 2.64 bits per heavy atom. The summed E-state index contributed by atoms with van der Waals surface area (Å²) in [5.74, 6) is 0.599. The van der Waals surface area contributed by atoms with Gasteiger partial charge in [-0.3, -0.25) is 4.99 Å². The summed E-state index contributed by atoms with van der Waals surface area (Å²) in [5.41, 5.74) is 0.292. The number of benzene rings is 1. The second kappa shape index (κ2) is 11.6. The first kappa shape index (κ1) is 22.1. The average molecular weight is 466 g/mol. The van der Waals surface area contributed by atoms with Crippen molar-refractivity contribution in [3.8, 4) is 0 Å². The Bertz CT molecular complexity index is 546. The highest BCUT2D eigenvalue weighted by Crippen LogP contribution is 2.15. The first-order chi connectivity index (χ1) is 11.6. The fraction of sp³-hybridized carbons (Fsp3) is 0.611. The molecule has 1 aromatic carbocycles. The summed E-state index contributed by atoms with van der Waals surface area (Å²) in [6.07, 6.45) is 3.61. The lowest BCUT2D eigenvalue weighted by Crippen LogP contribution is -2.39. The largest absolute Gasteiger partial charge is 0.356 e. The molecule has 0 saturated carbocycles. The Kier molecular flexibility index (Phi) is 10.3. The van der Waals surface area contributed by atoms with Gasteiger partial charge in [0, 0.05) is 25.7 Å². The zero-order valence-electron chi connectivity index (χ0n) is 15.0. The Hall–Kier alpha value is -0.960. The molecule has 0 aliphatic carbocycles. The summed E-state index contributed by atoms with van der Waals surface area (Å²) in [6, 6.07) is 3.46. The maximum Gasteiger partial charge on any atom is 0.191 e. The van der Waals surface area contributed by atoms with E-state index in [1.54, 1.807) is 7.05 Å². The lowest BCUT2D eigenvalue weighted by atomic mass is 9.99. The van der Waals surface area contributed by atoms with Crippen molar-refractivity contribution in [3.05, 3.63) is 35.4 Å². The van der Waals surface area contributed by atoms with E-state index in [9.17, 15) is 8.78 Å². The van der Waals surface area contributed by atoms with E-state index < -0.39 is 11.6 Å². The van der Waals surface area contributed by atoms with Crippen LogP contribution in [-0.2, 0) is 6.54 Å². The van der Waals surface area contributed by atoms with Crippen molar-refractivity contribution in [2.75, 3.05) is 33.2 Å². The molecule has 0 radical (unpaired) electrons. The molecule has 1 aromatic rings. The number of guanidine groups is 1. The predicted molar refractivity (Wildman–Crippen MR) is 109 cm³/mol. The second-order valence-corrected chi connectivity index (χ2v) is 6.47. The van der Waals surface area contributed by atoms with Crippen LogP contribution in [0.25, 0.3) is 0 Å². The van der Waals surface area contributed by atoms with E-state index in [-0.39, 0.29) is 30.5 Å². The van der Waals surface area contributed by atoms with Crippen LogP contribution in [0.2, 0.25) is 0 Å². The maximum atomic E-state index is 13.6. The van der Waals surface area contributed by atoms with E-state index in [0.717, 1.165) is 37.6 Å². The van der Waals surface area contributed by atoms with Gasteiger partial charge in [0.1, 0.15) is 11.6 Å². The monoisotopic (exact) mass is 466 g/mol. The summed E-state index contributed by atoms with van der Waals surface area (Å²) >= 11 is 0. The van der Waals surface area contributed by atoms with Gasteiger partial charge in [-0.15, -0.1) is 24.0 Å². The minimum atomic E-state index is -0.438. The van der Waals surface area contributed by atoms with Gasteiger partial charge in [-0.05, 0) is 63.0 Å². The lowest BCUT2D eigenvalue weighted by Gasteiger charge is -2.30. The topological polar surface area (TPSA) is 39.7 Å². The van der Waals surface area contributed by atoms with Crippen molar-refractivity contribution in [2.24, 2.45) is 10.9 Å². The van der Waals surface area contributed by atoms with Gasteiger partial charge in [0.2, 0.25) is 0 Å². The minimum Gasteiger partial charge on any atom is -0.356 e. The third-order valence-corrected chi connectivity index (χ3v) is 4.50. The number of aliphatic imine (C=N–C) groups is 1. The van der Waals surface area contributed by atoms with E-state index in [4.69, 9.17) is 0 Å². The fourth-order valence-corrected chi connectivity index (χ4v) is 2.87. The summed E-state index contributed by atoms with van der Waals surface area (Å²) in [4.78, 5) is 6.61. The van der Waals surface area contributed by atoms with Gasteiger partial charge in [0.25, 0.3) is 0 Å². The molecule has 1 aliphatic rings. The summed E-state index contributed by atoms with van der Waals surface area (Å²) in [7, 11) is 1.67. The Morgan fingerprint density at radius 1 is 1.24 bits per heavy atom. The molecule has 1 fully saturated rings. The lowest BCUT2D eigenvalue weighted by molar-refractivity contribution is 0.191. The van der Waals surface area contributed by atoms with Crippen LogP contribution in [0.3, 0.4) is 0 Å². The number of hydrogen-bond acceptors (Lipinski definition) is 2. The molecule has 1 aliphatic heterocycles. The van der Waals surface area contributed by atoms with E-state index in [2.05, 4.69) is 27.4 Å². The molecular weight excluding hydrogens is 437 g/mol. The SMILES string of the molecule is CN=C(NCCCN1CCC(C)CC1)NCc1cc(F)ccc1F.I. The molecule has 0 aromatic heterocycles. The number of nitrogens with zero attached hydrogens (tertiary/aromatic N) is 2. The molecule has 0 bridgehead atoms. The van der Waals surface area contributed by atoms with Crippen molar-refractivity contribution in [1.29, 1.82) is 0 Å². The second-order valence-electron chi connectivity index (χ2n) is 6.47. The molecule has 0 amide bonds. The molecule has 142 valence electrons. The normalized spacial score (nSPS) is 16.4. The third kappa shape index (κ3) is 7.85. The van der Waals surface area contributed by atoms with Gasteiger partial charge >= 0.3 is 0 Å². The number of piperidine rings is 1. The summed E-state index contributed by atoms with van der Waals surface area (Å²) < 4.78 is 26.7. The maximum absolute atomic E-state index is 13.6. The average Bonchev–Trinajstić information content (AvgIpc) is 2.58. The highest BCUT2D eigenvalue weighted by Gasteiger charge is 2.14. The summed E-state index contributed by atoms with van der Waals surface area (Å²) in [5, 5.41) is 6.23. The minimum absolute atomic E-state index is 0. The number of nitrogens with one attached hydrogen (secondary N) is 2. The fourth-order valence-electron chi connectivity index (χ4n) is 2.87. The highest BCUT2D eigenvalue weighted by molar-refractivity contribution is 14.0. The zero-order valence-corrected chi connectivity index (χ0v) is 17.4. The van der Waals surface area contributed by atoms with Crippen molar-refractivity contribution in [2.45, 2.75) is 32.7 Å². The molecule has 25 heavy (non-hydrogen) atoms. The van der Waals surface area contributed by atoms with Gasteiger partial charge in [0.15, 0.2) is 5.96 Å². The van der Waals surface area contributed by atoms with Crippen LogP contribution in [-0.4, -0.2) is 44.1 Å². The highest BCUT2D eigenvalue weighted by atomic mass is 127. The first-order valence-corrected chi connectivity index (χ1v) is 8.69. The van der Waals surface area contributed by atoms with Crippen LogP contribution in [0, 0.1) is 17.6 Å². The zero-order chi connectivity index (χ0) is 17.4. The van der Waals surface area contributed by atoms with Crippen LogP contribution in [0.1, 0.15) is 31.7 Å². The Morgan fingerprint density at radius 2 is 1.96 bits per heavy atom. The quantitative estimate of drug-likeness (QED) is 0.293. The van der Waals surface area contributed by atoms with Crippen molar-refractivity contribution in [3.63, 3.8) is 0 Å². The van der Waals surface area contributed by atoms with Crippen molar-refractivity contribution in [1.82, 2.24) is 15.5 Å². The number of halogens is 3. The molecule has 2 N–H and O–H groups in total. The molecule has 0 atom stereocenters. The Labute approximate surface area is 166 Å². The molecule has 4 nitrogen and oxygen atoms in total. The standard InChI is InChI=1S/C18H28F2N4.HI/c1-14-6-10-24(11-7-14)9-3-8-22-18(21-2)23-13-15-12-16(19)4-5-17(15)20;/h4-5,12,14H,3,6-11,13H2,1-2H3,(H2,21,22,23);1H. The van der Waals surface area contributed by atoms with Crippen LogP contribution >= 0.6 is 24.0 Å². The van der Waals surface area contributed by atoms with Gasteiger partial charge in [-0.1, -0.05) is 6.92 Å². The van der Waals surface area contributed by atoms with Crippen molar-refractivity contribution >= 4 is 29.9 Å². The molecular formula is C18H29F2IN4. The van der Waals surface area contributed by atoms with Crippen LogP contribution in [0.15, 0.2) is 23.2 Å². The number of hydrogen-bond donors (Lipinski definition) is 2. The van der Waals surface area contributed by atoms with E-state index in [0.29, 0.717) is 11.5 Å². The van der Waals surface area contributed by atoms with Gasteiger partial charge in [-0.25, -0.2) is 8.78 Å². The van der Waals surface area contributed by atoms with Gasteiger partial charge in [-0.2, -0.15) is 0 Å². The van der Waals surface area contributed by atoms with E-state index >= 15 is 0 Å². The molecule has 0 unspecified atom stereocenters. The molecule has 7 heteroatoms. The van der Waals surface area contributed by atoms with E-state index in [1.807, 2.05) is 0 Å². The predicted octanol–water partition coefficient (Wildman–Crippen LogP) is 3.37. The van der Waals surface area contributed by atoms with Crippen molar-refractivity contribution < 1.29 is 8.78 Å². The van der Waals surface area contributed by atoms with Crippen LogP contribution < -0.4 is 10.6 Å². The smallest absolute Gasteiger partial charge is 0.191 e. The third-order valence-electron chi connectivity index (χ3n) is 4.50. The Balaban J connectivity index is 0.00000312. The van der Waals surface area contributed by atoms with Crippen LogP contribution in [0.5, 0.6) is 0 Å². The van der Waals surface area contributed by atoms with Gasteiger partial charge < -0.3 is 15.5 Å². The number of rotatable bonds is 6. The molecule has 2 rings (SSSR count). The van der Waals surface area contributed by atoms with Gasteiger partial charge in [0.05, 0.1) is 0 Å². The molecule has 0 spiro atoms. The number of likely N-dealkylation sites (tertiary alicyclic amines) is 1.